The van der Waals surface area contributed by atoms with Gasteiger partial charge in [0.25, 0.3) is 0 Å². The number of nitrogens with zero attached hydrogens (tertiary/aromatic N) is 1. The molecule has 1 heterocycles. The Labute approximate surface area is 121 Å². The van der Waals surface area contributed by atoms with E-state index in [0.717, 1.165) is 25.9 Å². The zero-order chi connectivity index (χ0) is 14.2. The molecule has 0 bridgehead atoms. The number of anilines is 1. The predicted molar refractivity (Wildman–Crippen MR) is 82.8 cm³/mol. The van der Waals surface area contributed by atoms with Crippen LogP contribution in [0.25, 0.3) is 0 Å². The molecule has 20 heavy (non-hydrogen) atoms. The van der Waals surface area contributed by atoms with Crippen molar-refractivity contribution in [2.24, 2.45) is 11.7 Å². The molecule has 2 fully saturated rings. The Balaban J connectivity index is 1.79. The summed E-state index contributed by atoms with van der Waals surface area (Å²) in [7, 11) is 0. The molecular formula is C17H26N2O. The molecule has 1 aliphatic heterocycles. The molecular weight excluding hydrogens is 248 g/mol. The van der Waals surface area contributed by atoms with Gasteiger partial charge in [0.05, 0.1) is 5.60 Å². The van der Waals surface area contributed by atoms with Crippen molar-refractivity contribution in [2.75, 3.05) is 18.0 Å². The Bertz CT molecular complexity index is 488. The van der Waals surface area contributed by atoms with Gasteiger partial charge >= 0.3 is 0 Å². The fourth-order valence-corrected chi connectivity index (χ4v) is 3.99. The fourth-order valence-electron chi connectivity index (χ4n) is 3.99. The van der Waals surface area contributed by atoms with E-state index in [-0.39, 0.29) is 5.60 Å². The minimum absolute atomic E-state index is 0.389. The van der Waals surface area contributed by atoms with Gasteiger partial charge in [-0.25, -0.2) is 0 Å². The summed E-state index contributed by atoms with van der Waals surface area (Å²) in [5.41, 5.74) is 9.12. The van der Waals surface area contributed by atoms with Crippen molar-refractivity contribution in [1.29, 1.82) is 0 Å². The van der Waals surface area contributed by atoms with Gasteiger partial charge in [-0.3, -0.25) is 0 Å². The highest BCUT2D eigenvalue weighted by Crippen LogP contribution is 2.41. The van der Waals surface area contributed by atoms with Gasteiger partial charge in [-0.15, -0.1) is 0 Å². The highest BCUT2D eigenvalue weighted by molar-refractivity contribution is 5.55. The molecule has 3 nitrogen and oxygen atoms in total. The summed E-state index contributed by atoms with van der Waals surface area (Å²) in [5.74, 6) is 0.443. The molecule has 1 saturated carbocycles. The van der Waals surface area contributed by atoms with E-state index in [1.54, 1.807) is 0 Å². The Morgan fingerprint density at radius 3 is 2.95 bits per heavy atom. The molecule has 2 aliphatic rings. The maximum atomic E-state index is 10.8. The second-order valence-corrected chi connectivity index (χ2v) is 6.57. The molecule has 1 saturated heterocycles. The lowest BCUT2D eigenvalue weighted by Crippen LogP contribution is -2.53. The zero-order valence-corrected chi connectivity index (χ0v) is 12.4. The Kier molecular flexibility index (Phi) is 3.74. The molecule has 1 aromatic rings. The van der Waals surface area contributed by atoms with Gasteiger partial charge in [-0.1, -0.05) is 25.0 Å². The second kappa shape index (κ2) is 5.38. The molecule has 3 rings (SSSR count). The second-order valence-electron chi connectivity index (χ2n) is 6.57. The minimum atomic E-state index is -0.389. The molecule has 2 unspecified atom stereocenters. The molecule has 0 radical (unpaired) electrons. The van der Waals surface area contributed by atoms with Crippen LogP contribution in [0.15, 0.2) is 18.2 Å². The number of benzene rings is 1. The van der Waals surface area contributed by atoms with Crippen LogP contribution in [0, 0.1) is 12.8 Å². The van der Waals surface area contributed by atoms with Crippen molar-refractivity contribution in [3.05, 3.63) is 29.3 Å². The van der Waals surface area contributed by atoms with E-state index in [1.165, 1.54) is 36.1 Å². The first-order chi connectivity index (χ1) is 9.62. The summed E-state index contributed by atoms with van der Waals surface area (Å²) in [4.78, 5) is 2.46. The molecule has 110 valence electrons. The van der Waals surface area contributed by atoms with E-state index >= 15 is 0 Å². The minimum Gasteiger partial charge on any atom is -0.389 e. The molecule has 1 aliphatic carbocycles. The van der Waals surface area contributed by atoms with Crippen molar-refractivity contribution >= 4 is 5.69 Å². The Morgan fingerprint density at radius 2 is 2.20 bits per heavy atom. The maximum absolute atomic E-state index is 10.8. The van der Waals surface area contributed by atoms with Gasteiger partial charge in [-0.05, 0) is 43.4 Å². The Hall–Kier alpha value is -1.06. The lowest BCUT2D eigenvalue weighted by Gasteiger charge is -2.48. The lowest BCUT2D eigenvalue weighted by molar-refractivity contribution is -0.0612. The van der Waals surface area contributed by atoms with Crippen molar-refractivity contribution in [3.63, 3.8) is 0 Å². The smallest absolute Gasteiger partial charge is 0.0709 e. The number of hydrogen-bond donors (Lipinski definition) is 2. The highest BCUT2D eigenvalue weighted by Gasteiger charge is 2.42. The summed E-state index contributed by atoms with van der Waals surface area (Å²) in [5, 5.41) is 10.8. The molecule has 1 aromatic carbocycles. The van der Waals surface area contributed by atoms with Crippen LogP contribution in [0.2, 0.25) is 0 Å². The first-order valence-corrected chi connectivity index (χ1v) is 7.89. The largest absolute Gasteiger partial charge is 0.389 e. The van der Waals surface area contributed by atoms with Gasteiger partial charge in [0.15, 0.2) is 0 Å². The number of fused-ring (bicyclic) bond motifs is 1. The quantitative estimate of drug-likeness (QED) is 0.871. The number of aryl methyl sites for hydroxylation is 1. The van der Waals surface area contributed by atoms with E-state index in [0.29, 0.717) is 12.5 Å². The van der Waals surface area contributed by atoms with Gasteiger partial charge in [0, 0.05) is 31.2 Å². The number of hydrogen-bond acceptors (Lipinski definition) is 3. The SMILES string of the molecule is Cc1cc(CN)ccc1N1CCC2(O)CCCCC2C1. The first kappa shape index (κ1) is 13.9. The monoisotopic (exact) mass is 274 g/mol. The van der Waals surface area contributed by atoms with E-state index in [1.807, 2.05) is 0 Å². The standard InChI is InChI=1S/C17H26N2O/c1-13-10-14(11-18)5-6-16(13)19-9-8-17(20)7-3-2-4-15(17)12-19/h5-6,10,15,20H,2-4,7-9,11-12,18H2,1H3. The van der Waals surface area contributed by atoms with Crippen LogP contribution in [0.4, 0.5) is 5.69 Å². The average Bonchev–Trinajstić information content (AvgIpc) is 2.46. The Morgan fingerprint density at radius 1 is 1.35 bits per heavy atom. The van der Waals surface area contributed by atoms with Crippen molar-refractivity contribution in [2.45, 2.75) is 51.2 Å². The number of aliphatic hydroxyl groups is 1. The average molecular weight is 274 g/mol. The zero-order valence-electron chi connectivity index (χ0n) is 12.4. The first-order valence-electron chi connectivity index (χ1n) is 7.89. The van der Waals surface area contributed by atoms with Crippen molar-refractivity contribution in [1.82, 2.24) is 0 Å². The lowest BCUT2D eigenvalue weighted by atomic mass is 9.71. The van der Waals surface area contributed by atoms with Crippen LogP contribution in [0.5, 0.6) is 0 Å². The molecule has 0 spiro atoms. The summed E-state index contributed by atoms with van der Waals surface area (Å²) in [6.45, 7) is 4.73. The van der Waals surface area contributed by atoms with Crippen molar-refractivity contribution in [3.8, 4) is 0 Å². The third-order valence-corrected chi connectivity index (χ3v) is 5.27. The van der Waals surface area contributed by atoms with Gasteiger partial charge < -0.3 is 15.7 Å². The summed E-state index contributed by atoms with van der Waals surface area (Å²) < 4.78 is 0. The van der Waals surface area contributed by atoms with Gasteiger partial charge in [0.2, 0.25) is 0 Å². The van der Waals surface area contributed by atoms with Gasteiger partial charge in [-0.2, -0.15) is 0 Å². The van der Waals surface area contributed by atoms with E-state index in [4.69, 9.17) is 5.73 Å². The normalized spacial score (nSPS) is 30.1. The molecule has 3 N–H and O–H groups in total. The van der Waals surface area contributed by atoms with Gasteiger partial charge in [0.1, 0.15) is 0 Å². The number of nitrogens with two attached hydrogens (primary N) is 1. The summed E-state index contributed by atoms with van der Waals surface area (Å²) in [6, 6.07) is 6.52. The molecule has 2 atom stereocenters. The third-order valence-electron chi connectivity index (χ3n) is 5.27. The van der Waals surface area contributed by atoms with Crippen LogP contribution >= 0.6 is 0 Å². The van der Waals surface area contributed by atoms with Crippen LogP contribution in [0.3, 0.4) is 0 Å². The van der Waals surface area contributed by atoms with E-state index < -0.39 is 0 Å². The van der Waals surface area contributed by atoms with Crippen molar-refractivity contribution < 1.29 is 5.11 Å². The molecule has 3 heteroatoms. The summed E-state index contributed by atoms with van der Waals surface area (Å²) in [6.07, 6.45) is 5.54. The summed E-state index contributed by atoms with van der Waals surface area (Å²) >= 11 is 0. The molecule has 0 amide bonds. The van der Waals surface area contributed by atoms with E-state index in [2.05, 4.69) is 30.0 Å². The van der Waals surface area contributed by atoms with Crippen LogP contribution in [0.1, 0.15) is 43.2 Å². The number of rotatable bonds is 2. The topological polar surface area (TPSA) is 49.5 Å². The van der Waals surface area contributed by atoms with E-state index in [9.17, 15) is 5.11 Å². The number of piperidine rings is 1. The predicted octanol–water partition coefficient (Wildman–Crippen LogP) is 2.59. The highest BCUT2D eigenvalue weighted by atomic mass is 16.3. The molecule has 0 aromatic heterocycles. The fraction of sp³-hybridized carbons (Fsp3) is 0.647. The van der Waals surface area contributed by atoms with Crippen LogP contribution in [-0.4, -0.2) is 23.8 Å². The third kappa shape index (κ3) is 2.45. The van der Waals surface area contributed by atoms with Crippen LogP contribution < -0.4 is 10.6 Å². The maximum Gasteiger partial charge on any atom is 0.0709 e. The van der Waals surface area contributed by atoms with Crippen LogP contribution in [-0.2, 0) is 6.54 Å².